The third kappa shape index (κ3) is 2.44. The molecule has 1 fully saturated rings. The molecule has 1 heterocycles. The minimum absolute atomic E-state index is 0.477. The first-order valence-corrected chi connectivity index (χ1v) is 6.20. The van der Waals surface area contributed by atoms with Gasteiger partial charge >= 0.3 is 0 Å². The van der Waals surface area contributed by atoms with E-state index >= 15 is 0 Å². The van der Waals surface area contributed by atoms with Crippen molar-refractivity contribution in [1.29, 1.82) is 0 Å². The SMILES string of the molecule is CN(CCn1c(N)n[nH]c1=S)C1CCCC1. The summed E-state index contributed by atoms with van der Waals surface area (Å²) in [5.41, 5.74) is 5.72. The fourth-order valence-corrected chi connectivity index (χ4v) is 2.56. The fraction of sp³-hybridized carbons (Fsp3) is 0.800. The Labute approximate surface area is 101 Å². The summed E-state index contributed by atoms with van der Waals surface area (Å²) in [6.07, 6.45) is 5.37. The molecule has 0 spiro atoms. The van der Waals surface area contributed by atoms with Crippen molar-refractivity contribution in [2.45, 2.75) is 38.3 Å². The molecule has 6 heteroatoms. The Morgan fingerprint density at radius 3 is 2.81 bits per heavy atom. The van der Waals surface area contributed by atoms with Gasteiger partial charge in [0.2, 0.25) is 5.95 Å². The topological polar surface area (TPSA) is 62.9 Å². The number of H-pyrrole nitrogens is 1. The van der Waals surface area contributed by atoms with Crippen LogP contribution in [0.4, 0.5) is 5.95 Å². The molecule has 0 aromatic carbocycles. The van der Waals surface area contributed by atoms with Crippen LogP contribution in [0.1, 0.15) is 25.7 Å². The minimum atomic E-state index is 0.477. The zero-order chi connectivity index (χ0) is 11.5. The second-order valence-electron chi connectivity index (χ2n) is 4.46. The number of hydrogen-bond acceptors (Lipinski definition) is 4. The summed E-state index contributed by atoms with van der Waals surface area (Å²) in [6.45, 7) is 1.79. The standard InChI is InChI=1S/C10H19N5S/c1-14(8-4-2-3-5-8)6-7-15-9(11)12-13-10(15)16/h8H,2-7H2,1H3,(H2,11,12)(H,13,16). The van der Waals surface area contributed by atoms with Crippen LogP contribution in [0.15, 0.2) is 0 Å². The molecule has 5 nitrogen and oxygen atoms in total. The van der Waals surface area contributed by atoms with Gasteiger partial charge in [0.15, 0.2) is 4.77 Å². The van der Waals surface area contributed by atoms with Crippen LogP contribution >= 0.6 is 12.2 Å². The van der Waals surface area contributed by atoms with Gasteiger partial charge in [0, 0.05) is 19.1 Å². The minimum Gasteiger partial charge on any atom is -0.368 e. The largest absolute Gasteiger partial charge is 0.368 e. The van der Waals surface area contributed by atoms with Crippen molar-refractivity contribution in [2.75, 3.05) is 19.3 Å². The third-order valence-electron chi connectivity index (χ3n) is 3.41. The zero-order valence-electron chi connectivity index (χ0n) is 9.65. The van der Waals surface area contributed by atoms with Crippen molar-refractivity contribution >= 4 is 18.2 Å². The molecule has 90 valence electrons. The van der Waals surface area contributed by atoms with Crippen molar-refractivity contribution < 1.29 is 0 Å². The highest BCUT2D eigenvalue weighted by Gasteiger charge is 2.19. The number of likely N-dealkylation sites (N-methyl/N-ethyl adjacent to an activating group) is 1. The Balaban J connectivity index is 1.89. The number of anilines is 1. The Morgan fingerprint density at radius 1 is 1.56 bits per heavy atom. The first-order valence-electron chi connectivity index (χ1n) is 5.79. The van der Waals surface area contributed by atoms with Crippen LogP contribution in [0.2, 0.25) is 0 Å². The Bertz CT molecular complexity index is 390. The molecule has 1 aromatic rings. The molecule has 0 atom stereocenters. The lowest BCUT2D eigenvalue weighted by Crippen LogP contribution is -2.32. The maximum absolute atomic E-state index is 5.72. The fourth-order valence-electron chi connectivity index (χ4n) is 2.33. The number of nitrogens with one attached hydrogen (secondary N) is 1. The Morgan fingerprint density at radius 2 is 2.25 bits per heavy atom. The molecule has 1 saturated carbocycles. The highest BCUT2D eigenvalue weighted by Crippen LogP contribution is 2.22. The van der Waals surface area contributed by atoms with E-state index in [1.807, 2.05) is 4.57 Å². The average Bonchev–Trinajstić information content (AvgIpc) is 2.87. The van der Waals surface area contributed by atoms with E-state index in [1.54, 1.807) is 0 Å². The van der Waals surface area contributed by atoms with Gasteiger partial charge in [-0.05, 0) is 32.1 Å². The molecule has 1 aliphatic rings. The number of hydrogen-bond donors (Lipinski definition) is 2. The average molecular weight is 241 g/mol. The van der Waals surface area contributed by atoms with Crippen LogP contribution < -0.4 is 5.73 Å². The van der Waals surface area contributed by atoms with Crippen molar-refractivity contribution in [2.24, 2.45) is 0 Å². The molecule has 16 heavy (non-hydrogen) atoms. The van der Waals surface area contributed by atoms with Gasteiger partial charge in [-0.25, -0.2) is 5.10 Å². The van der Waals surface area contributed by atoms with Gasteiger partial charge in [0.05, 0.1) is 0 Å². The second kappa shape index (κ2) is 4.97. The predicted molar refractivity (Wildman–Crippen MR) is 66.7 cm³/mol. The van der Waals surface area contributed by atoms with Crippen molar-refractivity contribution in [1.82, 2.24) is 19.7 Å². The van der Waals surface area contributed by atoms with E-state index in [9.17, 15) is 0 Å². The lowest BCUT2D eigenvalue weighted by atomic mass is 10.2. The van der Waals surface area contributed by atoms with Gasteiger partial charge < -0.3 is 10.6 Å². The summed E-state index contributed by atoms with van der Waals surface area (Å²) >= 11 is 5.11. The van der Waals surface area contributed by atoms with Crippen LogP contribution in [-0.4, -0.2) is 39.3 Å². The highest BCUT2D eigenvalue weighted by atomic mass is 32.1. The van der Waals surface area contributed by atoms with Crippen LogP contribution in [0.5, 0.6) is 0 Å². The van der Waals surface area contributed by atoms with E-state index in [1.165, 1.54) is 25.7 Å². The van der Waals surface area contributed by atoms with Gasteiger partial charge in [-0.3, -0.25) is 4.57 Å². The summed E-state index contributed by atoms with van der Waals surface area (Å²) in [6, 6.07) is 0.738. The zero-order valence-corrected chi connectivity index (χ0v) is 10.5. The third-order valence-corrected chi connectivity index (χ3v) is 3.72. The van der Waals surface area contributed by atoms with Gasteiger partial charge in [0.1, 0.15) is 0 Å². The van der Waals surface area contributed by atoms with E-state index in [2.05, 4.69) is 22.1 Å². The molecule has 0 bridgehead atoms. The Hall–Kier alpha value is -0.880. The lowest BCUT2D eigenvalue weighted by Gasteiger charge is -2.23. The Kier molecular flexibility index (Phi) is 3.60. The molecule has 1 aliphatic carbocycles. The summed E-state index contributed by atoms with van der Waals surface area (Å²) < 4.78 is 2.46. The molecular formula is C10H19N5S. The van der Waals surface area contributed by atoms with Crippen LogP contribution in [0.3, 0.4) is 0 Å². The highest BCUT2D eigenvalue weighted by molar-refractivity contribution is 7.71. The molecule has 0 aliphatic heterocycles. The quantitative estimate of drug-likeness (QED) is 0.782. The van der Waals surface area contributed by atoms with Gasteiger partial charge in [-0.1, -0.05) is 12.8 Å². The van der Waals surface area contributed by atoms with Gasteiger partial charge in [-0.15, -0.1) is 5.10 Å². The summed E-state index contributed by atoms with van der Waals surface area (Å²) in [5, 5.41) is 6.60. The van der Waals surface area contributed by atoms with Crippen molar-refractivity contribution in [3.8, 4) is 0 Å². The number of aromatic amines is 1. The molecular weight excluding hydrogens is 222 g/mol. The second-order valence-corrected chi connectivity index (χ2v) is 4.84. The number of rotatable bonds is 4. The summed E-state index contributed by atoms with van der Waals surface area (Å²) in [4.78, 5) is 2.40. The molecule has 2 rings (SSSR count). The first-order chi connectivity index (χ1) is 7.68. The van der Waals surface area contributed by atoms with Crippen LogP contribution in [0.25, 0.3) is 0 Å². The van der Waals surface area contributed by atoms with Crippen molar-refractivity contribution in [3.05, 3.63) is 4.77 Å². The predicted octanol–water partition coefficient (Wildman–Crippen LogP) is 1.40. The maximum atomic E-state index is 5.72. The van der Waals surface area contributed by atoms with E-state index in [0.717, 1.165) is 19.1 Å². The summed E-state index contributed by atoms with van der Waals surface area (Å²) in [7, 11) is 2.18. The summed E-state index contributed by atoms with van der Waals surface area (Å²) in [5.74, 6) is 0.477. The van der Waals surface area contributed by atoms with E-state index in [4.69, 9.17) is 18.0 Å². The molecule has 0 saturated heterocycles. The molecule has 3 N–H and O–H groups in total. The monoisotopic (exact) mass is 241 g/mol. The normalized spacial score (nSPS) is 17.4. The van der Waals surface area contributed by atoms with Crippen LogP contribution in [-0.2, 0) is 6.54 Å². The van der Waals surface area contributed by atoms with Gasteiger partial charge in [-0.2, -0.15) is 0 Å². The van der Waals surface area contributed by atoms with Crippen molar-refractivity contribution in [3.63, 3.8) is 0 Å². The van der Waals surface area contributed by atoms with E-state index in [0.29, 0.717) is 10.7 Å². The molecule has 0 amide bonds. The smallest absolute Gasteiger partial charge is 0.220 e. The van der Waals surface area contributed by atoms with E-state index < -0.39 is 0 Å². The molecule has 0 unspecified atom stereocenters. The molecule has 0 radical (unpaired) electrons. The number of aromatic nitrogens is 3. The number of nitrogens with two attached hydrogens (primary N) is 1. The lowest BCUT2D eigenvalue weighted by molar-refractivity contribution is 0.236. The van der Waals surface area contributed by atoms with Crippen LogP contribution in [0, 0.1) is 4.77 Å². The van der Waals surface area contributed by atoms with Gasteiger partial charge in [0.25, 0.3) is 0 Å². The maximum Gasteiger partial charge on any atom is 0.220 e. The number of nitrogen functional groups attached to an aromatic ring is 1. The molecule has 1 aromatic heterocycles. The van der Waals surface area contributed by atoms with E-state index in [-0.39, 0.29) is 0 Å². The number of nitrogens with zero attached hydrogens (tertiary/aromatic N) is 3. The first kappa shape index (κ1) is 11.6.